The number of ether oxygens (including phenoxy) is 1. The Morgan fingerprint density at radius 2 is 2.10 bits per heavy atom. The van der Waals surface area contributed by atoms with Crippen molar-refractivity contribution in [1.82, 2.24) is 14.9 Å². The largest absolute Gasteiger partial charge is 0.497 e. The van der Waals surface area contributed by atoms with Crippen LogP contribution in [0.4, 0.5) is 10.2 Å². The second kappa shape index (κ2) is 6.99. The number of hydrogen-bond donors (Lipinski definition) is 1. The minimum absolute atomic E-state index is 0.109. The molecule has 6 heteroatoms. The van der Waals surface area contributed by atoms with Crippen molar-refractivity contribution in [3.05, 3.63) is 48.2 Å². The summed E-state index contributed by atoms with van der Waals surface area (Å²) in [5, 5.41) is 3.13. The lowest BCUT2D eigenvalue weighted by Crippen LogP contribution is -2.27. The molecule has 0 saturated carbocycles. The first-order chi connectivity index (χ1) is 10.1. The zero-order chi connectivity index (χ0) is 15.2. The molecule has 0 aliphatic rings. The fourth-order valence-corrected chi connectivity index (χ4v) is 2.08. The molecular weight excluding hydrogens is 271 g/mol. The van der Waals surface area contributed by atoms with E-state index in [1.807, 2.05) is 38.4 Å². The number of aromatic nitrogens is 2. The maximum atomic E-state index is 13.1. The first kappa shape index (κ1) is 15.2. The topological polar surface area (TPSA) is 50.3 Å². The summed E-state index contributed by atoms with van der Waals surface area (Å²) in [6.45, 7) is 0.594. The average Bonchev–Trinajstić information content (AvgIpc) is 2.47. The number of nitrogens with one attached hydrogen (secondary N) is 1. The molecule has 0 amide bonds. The number of halogens is 1. The summed E-state index contributed by atoms with van der Waals surface area (Å²) in [5.41, 5.74) is 1.11. The summed E-state index contributed by atoms with van der Waals surface area (Å²) >= 11 is 0. The highest BCUT2D eigenvalue weighted by Gasteiger charge is 2.15. The lowest BCUT2D eigenvalue weighted by atomic mass is 10.1. The summed E-state index contributed by atoms with van der Waals surface area (Å²) in [4.78, 5) is 9.51. The molecule has 1 atom stereocenters. The minimum Gasteiger partial charge on any atom is -0.497 e. The highest BCUT2D eigenvalue weighted by Crippen LogP contribution is 2.23. The normalized spacial score (nSPS) is 12.2. The van der Waals surface area contributed by atoms with Gasteiger partial charge in [0.25, 0.3) is 0 Å². The van der Waals surface area contributed by atoms with E-state index in [1.54, 1.807) is 7.11 Å². The molecule has 0 aliphatic heterocycles. The van der Waals surface area contributed by atoms with Crippen molar-refractivity contribution in [3.8, 4) is 5.75 Å². The fraction of sp³-hybridized carbons (Fsp3) is 0.333. The molecule has 1 unspecified atom stereocenters. The van der Waals surface area contributed by atoms with E-state index in [1.165, 1.54) is 12.4 Å². The molecule has 2 aromatic rings. The molecule has 21 heavy (non-hydrogen) atoms. The van der Waals surface area contributed by atoms with E-state index >= 15 is 0 Å². The molecule has 0 fully saturated rings. The summed E-state index contributed by atoms with van der Waals surface area (Å²) in [7, 11) is 5.63. The Morgan fingerprint density at radius 3 is 2.76 bits per heavy atom. The minimum atomic E-state index is -0.546. The van der Waals surface area contributed by atoms with Crippen molar-refractivity contribution in [3.63, 3.8) is 0 Å². The van der Waals surface area contributed by atoms with Crippen molar-refractivity contribution in [2.24, 2.45) is 0 Å². The van der Waals surface area contributed by atoms with Crippen LogP contribution < -0.4 is 10.1 Å². The highest BCUT2D eigenvalue weighted by atomic mass is 19.1. The van der Waals surface area contributed by atoms with E-state index in [-0.39, 0.29) is 6.04 Å². The van der Waals surface area contributed by atoms with Gasteiger partial charge in [0.2, 0.25) is 5.95 Å². The molecular formula is C15H19FN4O. The van der Waals surface area contributed by atoms with Crippen molar-refractivity contribution >= 4 is 5.82 Å². The van der Waals surface area contributed by atoms with Crippen molar-refractivity contribution in [2.75, 3.05) is 33.1 Å². The van der Waals surface area contributed by atoms with Gasteiger partial charge in [0.05, 0.1) is 13.2 Å². The highest BCUT2D eigenvalue weighted by molar-refractivity contribution is 5.35. The third-order valence-corrected chi connectivity index (χ3v) is 3.21. The third kappa shape index (κ3) is 4.13. The number of benzene rings is 1. The van der Waals surface area contributed by atoms with E-state index in [2.05, 4.69) is 20.2 Å². The van der Waals surface area contributed by atoms with Gasteiger partial charge in [-0.05, 0) is 31.8 Å². The van der Waals surface area contributed by atoms with Crippen LogP contribution in [0.2, 0.25) is 0 Å². The Bertz CT molecular complexity index is 591. The Balaban J connectivity index is 2.12. The number of rotatable bonds is 6. The zero-order valence-corrected chi connectivity index (χ0v) is 12.4. The summed E-state index contributed by atoms with van der Waals surface area (Å²) in [5.74, 6) is 0.736. The van der Waals surface area contributed by atoms with Crippen LogP contribution in [-0.4, -0.2) is 42.6 Å². The quantitative estimate of drug-likeness (QED) is 0.828. The fourth-order valence-electron chi connectivity index (χ4n) is 2.08. The van der Waals surface area contributed by atoms with Crippen molar-refractivity contribution < 1.29 is 9.13 Å². The van der Waals surface area contributed by atoms with Gasteiger partial charge in [-0.1, -0.05) is 12.1 Å². The smallest absolute Gasteiger partial charge is 0.217 e. The number of nitrogens with zero attached hydrogens (tertiary/aromatic N) is 3. The van der Waals surface area contributed by atoms with E-state index in [4.69, 9.17) is 4.74 Å². The van der Waals surface area contributed by atoms with Gasteiger partial charge in [-0.15, -0.1) is 0 Å². The maximum absolute atomic E-state index is 13.1. The Labute approximate surface area is 123 Å². The van der Waals surface area contributed by atoms with Gasteiger partial charge >= 0.3 is 0 Å². The van der Waals surface area contributed by atoms with Gasteiger partial charge < -0.3 is 15.0 Å². The second-order valence-electron chi connectivity index (χ2n) is 4.86. The van der Waals surface area contributed by atoms with Gasteiger partial charge in [0.15, 0.2) is 0 Å². The van der Waals surface area contributed by atoms with Gasteiger partial charge in [-0.3, -0.25) is 0 Å². The van der Waals surface area contributed by atoms with E-state index in [9.17, 15) is 4.39 Å². The zero-order valence-electron chi connectivity index (χ0n) is 12.4. The van der Waals surface area contributed by atoms with Crippen LogP contribution in [0.25, 0.3) is 0 Å². The molecule has 1 heterocycles. The average molecular weight is 290 g/mol. The first-order valence-electron chi connectivity index (χ1n) is 6.62. The molecule has 0 bridgehead atoms. The van der Waals surface area contributed by atoms with Crippen LogP contribution in [0.3, 0.4) is 0 Å². The molecule has 0 aliphatic carbocycles. The second-order valence-corrected chi connectivity index (χ2v) is 4.86. The molecule has 0 spiro atoms. The number of hydrogen-bond acceptors (Lipinski definition) is 5. The van der Waals surface area contributed by atoms with Crippen LogP contribution in [0.1, 0.15) is 11.6 Å². The molecule has 0 radical (unpaired) electrons. The van der Waals surface area contributed by atoms with E-state index in [0.717, 1.165) is 11.3 Å². The van der Waals surface area contributed by atoms with Crippen molar-refractivity contribution in [1.29, 1.82) is 0 Å². The summed E-state index contributed by atoms with van der Waals surface area (Å²) in [6, 6.07) is 9.28. The van der Waals surface area contributed by atoms with E-state index in [0.29, 0.717) is 12.4 Å². The molecule has 112 valence electrons. The molecule has 2 rings (SSSR count). The molecule has 1 N–H and O–H groups in total. The number of methoxy groups -OCH3 is 1. The Morgan fingerprint density at radius 1 is 1.29 bits per heavy atom. The lowest BCUT2D eigenvalue weighted by Gasteiger charge is -2.25. The van der Waals surface area contributed by atoms with Gasteiger partial charge in [-0.2, -0.15) is 4.39 Å². The Kier molecular flexibility index (Phi) is 5.05. The predicted molar refractivity (Wildman–Crippen MR) is 79.9 cm³/mol. The SMILES string of the molecule is COc1cccc(C(CNc2cc(F)ncn2)N(C)C)c1. The van der Waals surface area contributed by atoms with Gasteiger partial charge in [0, 0.05) is 12.6 Å². The number of anilines is 1. The molecule has 1 aromatic heterocycles. The van der Waals surface area contributed by atoms with Crippen LogP contribution in [0, 0.1) is 5.95 Å². The van der Waals surface area contributed by atoms with E-state index < -0.39 is 5.95 Å². The molecule has 5 nitrogen and oxygen atoms in total. The molecule has 1 aromatic carbocycles. The lowest BCUT2D eigenvalue weighted by molar-refractivity contribution is 0.310. The van der Waals surface area contributed by atoms with Crippen LogP contribution >= 0.6 is 0 Å². The molecule has 0 saturated heterocycles. The Hall–Kier alpha value is -2.21. The van der Waals surface area contributed by atoms with Gasteiger partial charge in [0.1, 0.15) is 17.9 Å². The van der Waals surface area contributed by atoms with Crippen LogP contribution in [0.5, 0.6) is 5.75 Å². The number of likely N-dealkylation sites (N-methyl/N-ethyl adjacent to an activating group) is 1. The first-order valence-corrected chi connectivity index (χ1v) is 6.62. The standard InChI is InChI=1S/C15H19FN4O/c1-20(2)13(11-5-4-6-12(7-11)21-3)9-17-15-8-14(16)18-10-19-15/h4-8,10,13H,9H2,1-3H3,(H,17,18,19). The van der Waals surface area contributed by atoms with Gasteiger partial charge in [-0.25, -0.2) is 9.97 Å². The third-order valence-electron chi connectivity index (χ3n) is 3.21. The summed E-state index contributed by atoms with van der Waals surface area (Å²) in [6.07, 6.45) is 1.20. The van der Waals surface area contributed by atoms with Crippen LogP contribution in [0.15, 0.2) is 36.7 Å². The van der Waals surface area contributed by atoms with Crippen molar-refractivity contribution in [2.45, 2.75) is 6.04 Å². The predicted octanol–water partition coefficient (Wildman–Crippen LogP) is 2.34. The monoisotopic (exact) mass is 290 g/mol. The summed E-state index contributed by atoms with van der Waals surface area (Å²) < 4.78 is 18.3. The maximum Gasteiger partial charge on any atom is 0.217 e. The van der Waals surface area contributed by atoms with Crippen LogP contribution in [-0.2, 0) is 0 Å².